The van der Waals surface area contributed by atoms with Crippen LogP contribution in [-0.4, -0.2) is 7.11 Å². The first-order valence-corrected chi connectivity index (χ1v) is 7.93. The summed E-state index contributed by atoms with van der Waals surface area (Å²) in [5.74, 6) is 0.815. The molecule has 4 heteroatoms. The van der Waals surface area contributed by atoms with E-state index in [1.807, 2.05) is 18.2 Å². The fourth-order valence-corrected chi connectivity index (χ4v) is 3.83. The minimum Gasteiger partial charge on any atom is -0.496 e. The van der Waals surface area contributed by atoms with E-state index in [2.05, 4.69) is 45.6 Å². The quantitative estimate of drug-likeness (QED) is 0.743. The first-order chi connectivity index (χ1) is 9.70. The molecule has 0 fully saturated rings. The van der Waals surface area contributed by atoms with E-state index in [-0.39, 0.29) is 6.04 Å². The maximum atomic E-state index is 6.45. The summed E-state index contributed by atoms with van der Waals surface area (Å²) in [4.78, 5) is 0. The second kappa shape index (κ2) is 5.56. The van der Waals surface area contributed by atoms with Crippen molar-refractivity contribution in [2.45, 2.75) is 6.04 Å². The zero-order valence-corrected chi connectivity index (χ0v) is 13.4. The molecular formula is C16H14BrNOS. The lowest BCUT2D eigenvalue weighted by atomic mass is 9.98. The highest BCUT2D eigenvalue weighted by Crippen LogP contribution is 2.34. The van der Waals surface area contributed by atoms with Gasteiger partial charge in [-0.25, -0.2) is 0 Å². The molecule has 2 N–H and O–H groups in total. The Morgan fingerprint density at radius 1 is 1.20 bits per heavy atom. The Bertz CT molecular complexity index is 753. The lowest BCUT2D eigenvalue weighted by molar-refractivity contribution is 0.412. The van der Waals surface area contributed by atoms with Gasteiger partial charge in [-0.3, -0.25) is 0 Å². The van der Waals surface area contributed by atoms with Crippen molar-refractivity contribution in [2.24, 2.45) is 5.73 Å². The molecule has 0 spiro atoms. The summed E-state index contributed by atoms with van der Waals surface area (Å²) in [5.41, 5.74) is 8.68. The first kappa shape index (κ1) is 13.6. The van der Waals surface area contributed by atoms with Gasteiger partial charge in [0.1, 0.15) is 5.75 Å². The van der Waals surface area contributed by atoms with Gasteiger partial charge in [0.05, 0.1) is 17.6 Å². The predicted octanol–water partition coefficient (Wildman–Crippen LogP) is 4.72. The van der Waals surface area contributed by atoms with Crippen LogP contribution < -0.4 is 10.5 Å². The summed E-state index contributed by atoms with van der Waals surface area (Å²) >= 11 is 5.24. The predicted molar refractivity (Wildman–Crippen MR) is 88.5 cm³/mol. The Morgan fingerprint density at radius 2 is 2.05 bits per heavy atom. The zero-order valence-electron chi connectivity index (χ0n) is 11.0. The van der Waals surface area contributed by atoms with Crippen LogP contribution >= 0.6 is 27.3 Å². The number of ether oxygens (including phenoxy) is 1. The Morgan fingerprint density at radius 3 is 2.80 bits per heavy atom. The Hall–Kier alpha value is -1.36. The van der Waals surface area contributed by atoms with Gasteiger partial charge < -0.3 is 10.5 Å². The topological polar surface area (TPSA) is 35.2 Å². The Balaban J connectivity index is 2.06. The van der Waals surface area contributed by atoms with Gasteiger partial charge in [0.2, 0.25) is 0 Å². The number of methoxy groups -OCH3 is 1. The normalized spacial score (nSPS) is 12.6. The summed E-state index contributed by atoms with van der Waals surface area (Å²) in [6.45, 7) is 0. The third-order valence-electron chi connectivity index (χ3n) is 3.38. The average molecular weight is 348 g/mol. The van der Waals surface area contributed by atoms with Crippen molar-refractivity contribution in [2.75, 3.05) is 7.11 Å². The molecule has 0 aliphatic heterocycles. The van der Waals surface area contributed by atoms with E-state index < -0.39 is 0 Å². The number of halogens is 1. The van der Waals surface area contributed by atoms with E-state index >= 15 is 0 Å². The molecule has 2 aromatic carbocycles. The van der Waals surface area contributed by atoms with Crippen LogP contribution in [0.2, 0.25) is 0 Å². The second-order valence-corrected chi connectivity index (χ2v) is 6.33. The smallest absolute Gasteiger partial charge is 0.133 e. The largest absolute Gasteiger partial charge is 0.496 e. The van der Waals surface area contributed by atoms with Crippen molar-refractivity contribution in [1.29, 1.82) is 0 Å². The minimum absolute atomic E-state index is 0.139. The SMILES string of the molecule is COc1ccc(C(N)c2cccc3ccsc23)cc1Br. The molecule has 0 radical (unpaired) electrons. The minimum atomic E-state index is -0.139. The fraction of sp³-hybridized carbons (Fsp3) is 0.125. The number of nitrogens with two attached hydrogens (primary N) is 1. The van der Waals surface area contributed by atoms with Crippen LogP contribution in [0.5, 0.6) is 5.75 Å². The van der Waals surface area contributed by atoms with Crippen molar-refractivity contribution in [3.05, 3.63) is 63.4 Å². The number of rotatable bonds is 3. The summed E-state index contributed by atoms with van der Waals surface area (Å²) in [6.07, 6.45) is 0. The molecular weight excluding hydrogens is 334 g/mol. The van der Waals surface area contributed by atoms with Crippen LogP contribution in [0.1, 0.15) is 17.2 Å². The fourth-order valence-electron chi connectivity index (χ4n) is 2.32. The molecule has 20 heavy (non-hydrogen) atoms. The lowest BCUT2D eigenvalue weighted by Crippen LogP contribution is -2.12. The highest BCUT2D eigenvalue weighted by atomic mass is 79.9. The summed E-state index contributed by atoms with van der Waals surface area (Å²) < 4.78 is 7.44. The molecule has 3 aromatic rings. The van der Waals surface area contributed by atoms with Crippen LogP contribution in [0, 0.1) is 0 Å². The van der Waals surface area contributed by atoms with Crippen LogP contribution in [-0.2, 0) is 0 Å². The monoisotopic (exact) mass is 347 g/mol. The molecule has 0 bridgehead atoms. The van der Waals surface area contributed by atoms with Gasteiger partial charge in [-0.1, -0.05) is 24.3 Å². The molecule has 0 amide bonds. The van der Waals surface area contributed by atoms with Crippen molar-refractivity contribution < 1.29 is 4.74 Å². The van der Waals surface area contributed by atoms with Gasteiger partial charge in [-0.05, 0) is 56.0 Å². The molecule has 0 aliphatic rings. The van der Waals surface area contributed by atoms with Gasteiger partial charge in [-0.15, -0.1) is 11.3 Å². The number of hydrogen-bond acceptors (Lipinski definition) is 3. The molecule has 2 nitrogen and oxygen atoms in total. The summed E-state index contributed by atoms with van der Waals surface area (Å²) in [6, 6.07) is 14.2. The number of hydrogen-bond donors (Lipinski definition) is 1. The van der Waals surface area contributed by atoms with Crippen molar-refractivity contribution in [1.82, 2.24) is 0 Å². The molecule has 1 heterocycles. The number of thiophene rings is 1. The highest BCUT2D eigenvalue weighted by molar-refractivity contribution is 9.10. The van der Waals surface area contributed by atoms with Crippen LogP contribution in [0.25, 0.3) is 10.1 Å². The van der Waals surface area contributed by atoms with Crippen molar-refractivity contribution in [3.63, 3.8) is 0 Å². The third kappa shape index (κ3) is 2.35. The van der Waals surface area contributed by atoms with Gasteiger partial charge in [0.15, 0.2) is 0 Å². The molecule has 0 aliphatic carbocycles. The third-order valence-corrected chi connectivity index (χ3v) is 4.98. The average Bonchev–Trinajstić information content (AvgIpc) is 2.94. The number of fused-ring (bicyclic) bond motifs is 1. The second-order valence-electron chi connectivity index (χ2n) is 4.56. The highest BCUT2D eigenvalue weighted by Gasteiger charge is 2.14. The molecule has 1 aromatic heterocycles. The van der Waals surface area contributed by atoms with Crippen LogP contribution in [0.3, 0.4) is 0 Å². The molecule has 1 atom stereocenters. The van der Waals surface area contributed by atoms with Gasteiger partial charge in [-0.2, -0.15) is 0 Å². The molecule has 3 rings (SSSR count). The maximum absolute atomic E-state index is 6.45. The van der Waals surface area contributed by atoms with E-state index in [4.69, 9.17) is 10.5 Å². The van der Waals surface area contributed by atoms with E-state index in [1.165, 1.54) is 10.1 Å². The zero-order chi connectivity index (χ0) is 14.1. The molecule has 102 valence electrons. The van der Waals surface area contributed by atoms with Gasteiger partial charge >= 0.3 is 0 Å². The molecule has 1 unspecified atom stereocenters. The van der Waals surface area contributed by atoms with Crippen molar-refractivity contribution >= 4 is 37.4 Å². The van der Waals surface area contributed by atoms with Crippen LogP contribution in [0.4, 0.5) is 0 Å². The van der Waals surface area contributed by atoms with E-state index in [1.54, 1.807) is 18.4 Å². The standard InChI is InChI=1S/C16H14BrNOS/c1-19-14-6-5-11(9-13(14)17)15(18)12-4-2-3-10-7-8-20-16(10)12/h2-9,15H,18H2,1H3. The summed E-state index contributed by atoms with van der Waals surface area (Å²) in [7, 11) is 1.66. The van der Waals surface area contributed by atoms with Gasteiger partial charge in [0, 0.05) is 4.70 Å². The van der Waals surface area contributed by atoms with E-state index in [0.29, 0.717) is 0 Å². The van der Waals surface area contributed by atoms with E-state index in [9.17, 15) is 0 Å². The van der Waals surface area contributed by atoms with E-state index in [0.717, 1.165) is 21.3 Å². The van der Waals surface area contributed by atoms with Crippen molar-refractivity contribution in [3.8, 4) is 5.75 Å². The first-order valence-electron chi connectivity index (χ1n) is 6.26. The number of benzene rings is 2. The lowest BCUT2D eigenvalue weighted by Gasteiger charge is -2.15. The van der Waals surface area contributed by atoms with Crippen LogP contribution in [0.15, 0.2) is 52.3 Å². The Kier molecular flexibility index (Phi) is 3.78. The van der Waals surface area contributed by atoms with Gasteiger partial charge in [0.25, 0.3) is 0 Å². The summed E-state index contributed by atoms with van der Waals surface area (Å²) in [5, 5.41) is 3.35. The Labute approximate surface area is 130 Å². The molecule has 0 saturated carbocycles. The molecule has 0 saturated heterocycles. The maximum Gasteiger partial charge on any atom is 0.133 e.